The number of hydrogen-bond donors (Lipinski definition) is 2. The quantitative estimate of drug-likeness (QED) is 0.450. The van der Waals surface area contributed by atoms with Crippen LogP contribution in [0.3, 0.4) is 0 Å². The maximum Gasteiger partial charge on any atom is 0.257 e. The van der Waals surface area contributed by atoms with Gasteiger partial charge in [0, 0.05) is 33.3 Å². The molecule has 0 saturated carbocycles. The Kier molecular flexibility index (Phi) is 4.75. The first-order valence-corrected chi connectivity index (χ1v) is 10.7. The highest BCUT2D eigenvalue weighted by atomic mass is 32.1. The third-order valence-electron chi connectivity index (χ3n) is 5.26. The summed E-state index contributed by atoms with van der Waals surface area (Å²) in [6.45, 7) is 0.745. The third-order valence-corrected chi connectivity index (χ3v) is 6.16. The predicted octanol–water partition coefficient (Wildman–Crippen LogP) is 4.73. The van der Waals surface area contributed by atoms with Gasteiger partial charge < -0.3 is 10.7 Å². The molecule has 0 fully saturated rings. The lowest BCUT2D eigenvalue weighted by atomic mass is 9.96. The Morgan fingerprint density at radius 3 is 2.40 bits per heavy atom. The fourth-order valence-electron chi connectivity index (χ4n) is 3.68. The minimum absolute atomic E-state index is 0.131. The highest BCUT2D eigenvalue weighted by Crippen LogP contribution is 2.36. The Labute approximate surface area is 177 Å². The van der Waals surface area contributed by atoms with Gasteiger partial charge in [0.1, 0.15) is 0 Å². The van der Waals surface area contributed by atoms with E-state index in [4.69, 9.17) is 4.98 Å². The molecule has 0 radical (unpaired) electrons. The van der Waals surface area contributed by atoms with Gasteiger partial charge in [-0.2, -0.15) is 0 Å². The van der Waals surface area contributed by atoms with Crippen molar-refractivity contribution >= 4 is 22.2 Å². The van der Waals surface area contributed by atoms with E-state index >= 15 is 0 Å². The first-order valence-electron chi connectivity index (χ1n) is 9.79. The molecule has 3 aromatic heterocycles. The van der Waals surface area contributed by atoms with E-state index in [2.05, 4.69) is 35.0 Å². The van der Waals surface area contributed by atoms with Gasteiger partial charge in [0.05, 0.1) is 23.1 Å². The zero-order valence-electron chi connectivity index (χ0n) is 16.3. The molecule has 0 aliphatic heterocycles. The Balaban J connectivity index is 1.85. The lowest BCUT2D eigenvalue weighted by molar-refractivity contribution is -0.386. The van der Waals surface area contributed by atoms with Gasteiger partial charge in [-0.25, -0.2) is 4.98 Å². The molecule has 0 amide bonds. The lowest BCUT2D eigenvalue weighted by Crippen LogP contribution is -2.47. The number of aromatic nitrogens is 2. The summed E-state index contributed by atoms with van der Waals surface area (Å²) >= 11 is 1.63. The molecular weight excluding hydrogens is 390 g/mol. The summed E-state index contributed by atoms with van der Waals surface area (Å²) in [5, 5.41) is 2.63. The van der Waals surface area contributed by atoms with Crippen molar-refractivity contribution in [2.24, 2.45) is 0 Å². The van der Waals surface area contributed by atoms with Gasteiger partial charge in [-0.1, -0.05) is 60.7 Å². The Hall–Kier alpha value is -3.54. The number of aromatic amines is 1. The van der Waals surface area contributed by atoms with Crippen molar-refractivity contribution in [3.63, 3.8) is 0 Å². The van der Waals surface area contributed by atoms with Gasteiger partial charge in [-0.05, 0) is 23.1 Å². The van der Waals surface area contributed by atoms with Crippen LogP contribution in [0.2, 0.25) is 0 Å². The number of nitrogens with zero attached hydrogens (tertiary/aromatic N) is 1. The number of hydrogen-bond acceptors (Lipinski definition) is 3. The van der Waals surface area contributed by atoms with E-state index in [0.29, 0.717) is 5.39 Å². The zero-order valence-corrected chi connectivity index (χ0v) is 17.1. The molecule has 2 aromatic carbocycles. The lowest BCUT2D eigenvalue weighted by Gasteiger charge is -2.13. The smallest absolute Gasteiger partial charge is 0.257 e. The first kappa shape index (κ1) is 18.5. The monoisotopic (exact) mass is 410 g/mol. The fourth-order valence-corrected chi connectivity index (χ4v) is 4.43. The molecule has 0 aliphatic rings. The molecule has 3 heterocycles. The van der Waals surface area contributed by atoms with E-state index in [9.17, 15) is 4.79 Å². The molecule has 4 N–H and O–H groups in total. The highest BCUT2D eigenvalue weighted by Gasteiger charge is 2.16. The Morgan fingerprint density at radius 2 is 1.70 bits per heavy atom. The van der Waals surface area contributed by atoms with E-state index in [-0.39, 0.29) is 5.56 Å². The van der Waals surface area contributed by atoms with Crippen molar-refractivity contribution in [3.05, 3.63) is 100 Å². The predicted molar refractivity (Wildman–Crippen MR) is 123 cm³/mol. The number of nitrogens with one attached hydrogen (secondary N) is 1. The number of benzene rings is 2. The van der Waals surface area contributed by atoms with Crippen molar-refractivity contribution in [2.45, 2.75) is 6.54 Å². The van der Waals surface area contributed by atoms with Crippen molar-refractivity contribution in [3.8, 4) is 32.8 Å². The first-order chi connectivity index (χ1) is 14.7. The molecule has 0 bridgehead atoms. The van der Waals surface area contributed by atoms with Gasteiger partial charge in [0.25, 0.3) is 5.56 Å². The maximum atomic E-state index is 12.7. The molecule has 5 heteroatoms. The Morgan fingerprint density at radius 1 is 0.900 bits per heavy atom. The van der Waals surface area contributed by atoms with Crippen molar-refractivity contribution in [1.29, 1.82) is 0 Å². The van der Waals surface area contributed by atoms with E-state index in [1.807, 2.05) is 53.9 Å². The van der Waals surface area contributed by atoms with E-state index in [1.54, 1.807) is 17.5 Å². The van der Waals surface area contributed by atoms with Gasteiger partial charge in [-0.3, -0.25) is 4.79 Å². The van der Waals surface area contributed by atoms with Crippen LogP contribution < -0.4 is 11.3 Å². The SMILES string of the molecule is [NH3+]Cc1ccc(-c2nc3c(-c4cccs4)c[nH]c(=O)c3cc2-c2ccccc2)cc1. The van der Waals surface area contributed by atoms with Gasteiger partial charge in [0.2, 0.25) is 0 Å². The minimum atomic E-state index is -0.131. The summed E-state index contributed by atoms with van der Waals surface area (Å²) in [6.07, 6.45) is 1.77. The molecule has 0 unspecified atom stereocenters. The summed E-state index contributed by atoms with van der Waals surface area (Å²) in [5.74, 6) is 0. The van der Waals surface area contributed by atoms with Crippen LogP contribution in [0.25, 0.3) is 43.7 Å². The molecule has 0 aliphatic carbocycles. The molecule has 0 spiro atoms. The number of fused-ring (bicyclic) bond motifs is 1. The minimum Gasteiger partial charge on any atom is -0.354 e. The second-order valence-corrected chi connectivity index (χ2v) is 8.05. The standard InChI is InChI=1S/C25H19N3OS/c26-14-16-8-10-18(11-9-16)23-19(17-5-2-1-3-6-17)13-20-24(28-23)21(15-27-25(20)29)22-7-4-12-30-22/h1-13,15H,14,26H2,(H,27,29)/p+1. The van der Waals surface area contributed by atoms with Crippen LogP contribution in [-0.4, -0.2) is 9.97 Å². The second kappa shape index (κ2) is 7.71. The van der Waals surface area contributed by atoms with Crippen LogP contribution >= 0.6 is 11.3 Å². The molecular formula is C25H20N3OS+. The van der Waals surface area contributed by atoms with Crippen LogP contribution in [0.15, 0.2) is 89.2 Å². The van der Waals surface area contributed by atoms with Crippen LogP contribution in [0.5, 0.6) is 0 Å². The zero-order chi connectivity index (χ0) is 20.5. The fraction of sp³-hybridized carbons (Fsp3) is 0.0400. The molecule has 5 rings (SSSR count). The number of H-pyrrole nitrogens is 1. The van der Waals surface area contributed by atoms with Gasteiger partial charge >= 0.3 is 0 Å². The highest BCUT2D eigenvalue weighted by molar-refractivity contribution is 7.13. The topological polar surface area (TPSA) is 73.4 Å². The average molecular weight is 411 g/mol. The molecule has 5 aromatic rings. The van der Waals surface area contributed by atoms with Gasteiger partial charge in [-0.15, -0.1) is 11.3 Å². The normalized spacial score (nSPS) is 11.1. The summed E-state index contributed by atoms with van der Waals surface area (Å²) in [7, 11) is 0. The molecule has 0 atom stereocenters. The molecule has 146 valence electrons. The Bertz CT molecular complexity index is 1370. The van der Waals surface area contributed by atoms with E-state index in [1.165, 1.54) is 5.56 Å². The van der Waals surface area contributed by atoms with Crippen LogP contribution in [-0.2, 0) is 6.54 Å². The molecule has 30 heavy (non-hydrogen) atoms. The van der Waals surface area contributed by atoms with Crippen molar-refractivity contribution in [2.75, 3.05) is 0 Å². The number of quaternary nitrogens is 1. The average Bonchev–Trinajstić information content (AvgIpc) is 3.34. The van der Waals surface area contributed by atoms with Gasteiger partial charge in [0.15, 0.2) is 0 Å². The van der Waals surface area contributed by atoms with Crippen LogP contribution in [0.1, 0.15) is 5.56 Å². The van der Waals surface area contributed by atoms with Crippen molar-refractivity contribution < 1.29 is 5.73 Å². The molecule has 4 nitrogen and oxygen atoms in total. The van der Waals surface area contributed by atoms with Crippen LogP contribution in [0.4, 0.5) is 0 Å². The summed E-state index contributed by atoms with van der Waals surface area (Å²) in [5.41, 5.74) is 10.5. The summed E-state index contributed by atoms with van der Waals surface area (Å²) in [4.78, 5) is 21.7. The van der Waals surface area contributed by atoms with Crippen molar-refractivity contribution in [1.82, 2.24) is 9.97 Å². The van der Waals surface area contributed by atoms with Crippen LogP contribution in [0, 0.1) is 0 Å². The summed E-state index contributed by atoms with van der Waals surface area (Å²) < 4.78 is 0. The van der Waals surface area contributed by atoms with E-state index in [0.717, 1.165) is 44.9 Å². The third kappa shape index (κ3) is 3.24. The molecule has 0 saturated heterocycles. The summed E-state index contributed by atoms with van der Waals surface area (Å²) in [6, 6.07) is 24.5. The number of pyridine rings is 2. The second-order valence-electron chi connectivity index (χ2n) is 7.10. The number of rotatable bonds is 4. The maximum absolute atomic E-state index is 12.7. The van der Waals surface area contributed by atoms with E-state index < -0.39 is 0 Å². The largest absolute Gasteiger partial charge is 0.354 e. The number of thiophene rings is 1.